The summed E-state index contributed by atoms with van der Waals surface area (Å²) < 4.78 is 12.2. The van der Waals surface area contributed by atoms with E-state index in [4.69, 9.17) is 9.72 Å². The van der Waals surface area contributed by atoms with E-state index in [-0.39, 0.29) is 6.04 Å². The van der Waals surface area contributed by atoms with Gasteiger partial charge < -0.3 is 13.9 Å². The molecule has 0 bridgehead atoms. The fourth-order valence-corrected chi connectivity index (χ4v) is 3.73. The molecule has 1 aliphatic rings. The van der Waals surface area contributed by atoms with E-state index in [1.54, 1.807) is 6.33 Å². The highest BCUT2D eigenvalue weighted by atomic mass is 16.5. The largest absolute Gasteiger partial charge is 0.491 e. The number of benzene rings is 1. The van der Waals surface area contributed by atoms with E-state index in [0.717, 1.165) is 52.3 Å². The smallest absolute Gasteiger partial charge is 0.178 e. The van der Waals surface area contributed by atoms with Gasteiger partial charge in [0.25, 0.3) is 0 Å². The van der Waals surface area contributed by atoms with Crippen LogP contribution in [0.25, 0.3) is 34.2 Å². The Morgan fingerprint density at radius 3 is 2.76 bits per heavy atom. The zero-order valence-corrected chi connectivity index (χ0v) is 17.0. The van der Waals surface area contributed by atoms with E-state index in [1.807, 2.05) is 31.0 Å². The van der Waals surface area contributed by atoms with Gasteiger partial charge in [0.05, 0.1) is 24.0 Å². The first-order valence-electron chi connectivity index (χ1n) is 9.76. The van der Waals surface area contributed by atoms with Crippen molar-refractivity contribution in [3.8, 4) is 39.9 Å². The Kier molecular flexibility index (Phi) is 4.01. The first-order valence-corrected chi connectivity index (χ1v) is 9.76. The molecule has 4 heterocycles. The number of hydrogen-bond donors (Lipinski definition) is 0. The minimum atomic E-state index is 0.217. The average Bonchev–Trinajstić information content (AvgIpc) is 3.40. The molecule has 0 unspecified atom stereocenters. The summed E-state index contributed by atoms with van der Waals surface area (Å²) >= 11 is 0. The lowest BCUT2D eigenvalue weighted by Gasteiger charge is -2.10. The normalized spacial score (nSPS) is 13.1. The molecular weight excluding hydrogens is 366 g/mol. The molecule has 1 aromatic carbocycles. The fourth-order valence-electron chi connectivity index (χ4n) is 3.73. The third-order valence-corrected chi connectivity index (χ3v) is 5.40. The van der Waals surface area contributed by atoms with E-state index in [2.05, 4.69) is 56.2 Å². The van der Waals surface area contributed by atoms with E-state index < -0.39 is 0 Å². The number of fused-ring (bicyclic) bond motifs is 3. The Balaban J connectivity index is 1.60. The summed E-state index contributed by atoms with van der Waals surface area (Å²) in [6.07, 6.45) is 5.51. The first-order chi connectivity index (χ1) is 14.0. The highest BCUT2D eigenvalue weighted by Crippen LogP contribution is 2.36. The summed E-state index contributed by atoms with van der Waals surface area (Å²) in [7, 11) is 2.02. The van der Waals surface area contributed by atoms with Crippen LogP contribution in [0, 0.1) is 6.92 Å². The molecule has 8 heteroatoms. The van der Waals surface area contributed by atoms with Gasteiger partial charge in [-0.25, -0.2) is 19.6 Å². The van der Waals surface area contributed by atoms with Crippen LogP contribution in [-0.4, -0.2) is 40.5 Å². The molecular formula is C21H23N7O. The highest BCUT2D eigenvalue weighted by molar-refractivity contribution is 5.74. The predicted octanol–water partition coefficient (Wildman–Crippen LogP) is 3.49. The zero-order chi connectivity index (χ0) is 20.1. The summed E-state index contributed by atoms with van der Waals surface area (Å²) in [5, 5.41) is 4.34. The Hall–Kier alpha value is -3.42. The van der Waals surface area contributed by atoms with E-state index in [1.165, 1.54) is 0 Å². The van der Waals surface area contributed by atoms with Crippen molar-refractivity contribution in [2.75, 3.05) is 6.61 Å². The number of imidazole rings is 2. The van der Waals surface area contributed by atoms with Crippen LogP contribution in [0.4, 0.5) is 0 Å². The molecule has 0 saturated carbocycles. The maximum atomic E-state index is 6.07. The molecule has 148 valence electrons. The Morgan fingerprint density at radius 2 is 2.00 bits per heavy atom. The average molecular weight is 389 g/mol. The quantitative estimate of drug-likeness (QED) is 0.536. The van der Waals surface area contributed by atoms with Gasteiger partial charge in [-0.3, -0.25) is 0 Å². The van der Waals surface area contributed by atoms with Crippen molar-refractivity contribution in [3.05, 3.63) is 42.7 Å². The van der Waals surface area contributed by atoms with Crippen LogP contribution in [0.1, 0.15) is 25.7 Å². The molecule has 0 spiro atoms. The lowest BCUT2D eigenvalue weighted by atomic mass is 10.1. The fraction of sp³-hybridized carbons (Fsp3) is 0.333. The summed E-state index contributed by atoms with van der Waals surface area (Å²) in [5.74, 6) is 3.48. The van der Waals surface area contributed by atoms with Crippen molar-refractivity contribution in [3.63, 3.8) is 0 Å². The summed E-state index contributed by atoms with van der Waals surface area (Å²) in [6.45, 7) is 7.49. The Bertz CT molecular complexity index is 1200. The van der Waals surface area contributed by atoms with Crippen LogP contribution in [0.15, 0.2) is 36.9 Å². The second-order valence-corrected chi connectivity index (χ2v) is 7.57. The van der Waals surface area contributed by atoms with Gasteiger partial charge in [0.15, 0.2) is 5.82 Å². The van der Waals surface area contributed by atoms with Crippen LogP contribution in [0.3, 0.4) is 0 Å². The number of ether oxygens (including phenoxy) is 1. The molecule has 29 heavy (non-hydrogen) atoms. The monoisotopic (exact) mass is 389 g/mol. The minimum absolute atomic E-state index is 0.217. The maximum absolute atomic E-state index is 6.07. The molecule has 0 fully saturated rings. The highest BCUT2D eigenvalue weighted by Gasteiger charge is 2.22. The van der Waals surface area contributed by atoms with E-state index >= 15 is 0 Å². The van der Waals surface area contributed by atoms with Crippen LogP contribution < -0.4 is 4.74 Å². The number of hydrogen-bond acceptors (Lipinski definition) is 5. The molecule has 5 rings (SSSR count). The second kappa shape index (κ2) is 6.58. The Morgan fingerprint density at radius 1 is 1.14 bits per heavy atom. The SMILES string of the molecule is Cc1ncc(-c2ccc3c(c2)OCCn2cc(-c4ncnn4C(C)C)nc2-3)n1C. The summed E-state index contributed by atoms with van der Waals surface area (Å²) in [5.41, 5.74) is 3.94. The van der Waals surface area contributed by atoms with Crippen molar-refractivity contribution in [1.29, 1.82) is 0 Å². The second-order valence-electron chi connectivity index (χ2n) is 7.57. The molecule has 0 amide bonds. The van der Waals surface area contributed by atoms with Crippen molar-refractivity contribution in [1.82, 2.24) is 33.9 Å². The summed E-state index contributed by atoms with van der Waals surface area (Å²) in [6, 6.07) is 6.47. The third kappa shape index (κ3) is 2.83. The van der Waals surface area contributed by atoms with Gasteiger partial charge >= 0.3 is 0 Å². The van der Waals surface area contributed by atoms with Crippen LogP contribution in [0.2, 0.25) is 0 Å². The molecule has 0 atom stereocenters. The lowest BCUT2D eigenvalue weighted by Crippen LogP contribution is -2.06. The van der Waals surface area contributed by atoms with Crippen LogP contribution in [-0.2, 0) is 13.6 Å². The van der Waals surface area contributed by atoms with Crippen molar-refractivity contribution in [2.24, 2.45) is 7.05 Å². The van der Waals surface area contributed by atoms with Crippen molar-refractivity contribution >= 4 is 0 Å². The molecule has 0 radical (unpaired) electrons. The molecule has 4 aromatic rings. The third-order valence-electron chi connectivity index (χ3n) is 5.40. The van der Waals surface area contributed by atoms with Gasteiger partial charge in [0.2, 0.25) is 0 Å². The predicted molar refractivity (Wildman–Crippen MR) is 109 cm³/mol. The van der Waals surface area contributed by atoms with Gasteiger partial charge in [-0.2, -0.15) is 5.10 Å². The van der Waals surface area contributed by atoms with E-state index in [0.29, 0.717) is 6.61 Å². The lowest BCUT2D eigenvalue weighted by molar-refractivity contribution is 0.307. The number of aromatic nitrogens is 7. The molecule has 3 aromatic heterocycles. The van der Waals surface area contributed by atoms with Crippen LogP contribution in [0.5, 0.6) is 5.75 Å². The van der Waals surface area contributed by atoms with E-state index in [9.17, 15) is 0 Å². The topological polar surface area (TPSA) is 75.6 Å². The molecule has 8 nitrogen and oxygen atoms in total. The molecule has 0 N–H and O–H groups in total. The van der Waals surface area contributed by atoms with Gasteiger partial charge in [0, 0.05) is 24.8 Å². The van der Waals surface area contributed by atoms with Crippen molar-refractivity contribution < 1.29 is 4.74 Å². The van der Waals surface area contributed by atoms with Gasteiger partial charge in [-0.1, -0.05) is 6.07 Å². The zero-order valence-electron chi connectivity index (χ0n) is 17.0. The number of nitrogens with zero attached hydrogens (tertiary/aromatic N) is 7. The molecule has 1 aliphatic heterocycles. The van der Waals surface area contributed by atoms with Gasteiger partial charge in [0.1, 0.15) is 36.0 Å². The minimum Gasteiger partial charge on any atom is -0.491 e. The van der Waals surface area contributed by atoms with Gasteiger partial charge in [-0.05, 0) is 32.9 Å². The Labute approximate surface area is 168 Å². The summed E-state index contributed by atoms with van der Waals surface area (Å²) in [4.78, 5) is 13.7. The van der Waals surface area contributed by atoms with Crippen molar-refractivity contribution in [2.45, 2.75) is 33.4 Å². The number of aryl methyl sites for hydroxylation is 1. The number of rotatable bonds is 3. The standard InChI is InChI=1S/C21H23N7O/c1-13(2)28-21(23-12-24-28)17-11-27-7-8-29-19-9-15(5-6-16(19)20(27)25-17)18-10-22-14(3)26(18)4/h5-6,9-13H,7-8H2,1-4H3. The van der Waals surface area contributed by atoms with Crippen LogP contribution >= 0.6 is 0 Å². The molecule has 0 saturated heterocycles. The van der Waals surface area contributed by atoms with Gasteiger partial charge in [-0.15, -0.1) is 0 Å². The maximum Gasteiger partial charge on any atom is 0.178 e. The first kappa shape index (κ1) is 17.7. The molecule has 0 aliphatic carbocycles.